The molecule has 0 aliphatic carbocycles. The van der Waals surface area contributed by atoms with Gasteiger partial charge in [0, 0.05) is 26.7 Å². The van der Waals surface area contributed by atoms with E-state index in [0.29, 0.717) is 13.0 Å². The fraction of sp³-hybridized carbons (Fsp3) is 0.545. The second-order valence-electron chi connectivity index (χ2n) is 4.29. The first-order valence-electron chi connectivity index (χ1n) is 5.54. The Morgan fingerprint density at radius 1 is 1.53 bits per heavy atom. The Kier molecular flexibility index (Phi) is 5.93. The molecule has 0 saturated carbocycles. The van der Waals surface area contributed by atoms with Crippen LogP contribution in [0.5, 0.6) is 0 Å². The molecule has 0 aliphatic heterocycles. The van der Waals surface area contributed by atoms with Crippen molar-refractivity contribution in [3.8, 4) is 0 Å². The number of ether oxygens (including phenoxy) is 1. The van der Waals surface area contributed by atoms with Gasteiger partial charge in [-0.3, -0.25) is 4.79 Å². The fourth-order valence-electron chi connectivity index (χ4n) is 1.29. The van der Waals surface area contributed by atoms with Gasteiger partial charge >= 0.3 is 0 Å². The molecule has 1 aromatic heterocycles. The minimum Gasteiger partial charge on any atom is -0.388 e. The molecule has 8 heteroatoms. The lowest BCUT2D eigenvalue weighted by atomic mass is 10.0. The van der Waals surface area contributed by atoms with Crippen LogP contribution in [0.4, 0.5) is 0 Å². The van der Waals surface area contributed by atoms with Gasteiger partial charge in [-0.15, -0.1) is 10.2 Å². The normalized spacial score (nSPS) is 13.9. The number of carbonyl (C=O) groups is 1. The first kappa shape index (κ1) is 16.1. The lowest BCUT2D eigenvalue weighted by Crippen LogP contribution is -2.41. The van der Waals surface area contributed by atoms with Crippen molar-refractivity contribution in [2.75, 3.05) is 20.3 Å². The number of aromatic nitrogens is 2. The molecule has 6 nitrogen and oxygen atoms in total. The highest BCUT2D eigenvalue weighted by atomic mass is 35.5. The predicted molar refractivity (Wildman–Crippen MR) is 71.5 cm³/mol. The van der Waals surface area contributed by atoms with E-state index in [1.54, 1.807) is 14.0 Å². The first-order chi connectivity index (χ1) is 8.85. The Hall–Kier alpha value is -0.950. The molecule has 2 N–H and O–H groups in total. The van der Waals surface area contributed by atoms with Crippen molar-refractivity contribution in [3.63, 3.8) is 0 Å². The average molecular weight is 308 g/mol. The standard InChI is InChI=1S/C11H15Cl2N3O3/c1-11(18,3-4-19-2)6-14-10(17)7-5-8(12)15-16-9(7)13/h5,18H,3-4,6H2,1-2H3,(H,14,17). The zero-order chi connectivity index (χ0) is 14.5. The lowest BCUT2D eigenvalue weighted by Gasteiger charge is -2.23. The van der Waals surface area contributed by atoms with Gasteiger partial charge in [0.1, 0.15) is 0 Å². The quantitative estimate of drug-likeness (QED) is 0.827. The summed E-state index contributed by atoms with van der Waals surface area (Å²) in [6.45, 7) is 2.06. The molecule has 1 aromatic rings. The SMILES string of the molecule is COCCC(C)(O)CNC(=O)c1cc(Cl)nnc1Cl. The van der Waals surface area contributed by atoms with Crippen LogP contribution < -0.4 is 5.32 Å². The minimum atomic E-state index is -1.07. The molecule has 106 valence electrons. The highest BCUT2D eigenvalue weighted by Gasteiger charge is 2.22. The molecule has 19 heavy (non-hydrogen) atoms. The van der Waals surface area contributed by atoms with E-state index in [-0.39, 0.29) is 22.4 Å². The Morgan fingerprint density at radius 2 is 2.21 bits per heavy atom. The van der Waals surface area contributed by atoms with Gasteiger partial charge in [-0.05, 0) is 13.0 Å². The molecule has 1 rings (SSSR count). The zero-order valence-electron chi connectivity index (χ0n) is 10.6. The Balaban J connectivity index is 2.62. The fourth-order valence-corrected chi connectivity index (χ4v) is 1.61. The van der Waals surface area contributed by atoms with Crippen molar-refractivity contribution in [3.05, 3.63) is 21.9 Å². The summed E-state index contributed by atoms with van der Waals surface area (Å²) in [6.07, 6.45) is 0.396. The molecular formula is C11H15Cl2N3O3. The van der Waals surface area contributed by atoms with Crippen molar-refractivity contribution >= 4 is 29.1 Å². The third-order valence-electron chi connectivity index (χ3n) is 2.44. The van der Waals surface area contributed by atoms with Crippen molar-refractivity contribution in [1.29, 1.82) is 0 Å². The van der Waals surface area contributed by atoms with Gasteiger partial charge < -0.3 is 15.2 Å². The van der Waals surface area contributed by atoms with Crippen molar-refractivity contribution in [2.45, 2.75) is 18.9 Å². The molecule has 0 bridgehead atoms. The van der Waals surface area contributed by atoms with Gasteiger partial charge in [0.25, 0.3) is 5.91 Å². The number of nitrogens with one attached hydrogen (secondary N) is 1. The molecule has 0 radical (unpaired) electrons. The van der Waals surface area contributed by atoms with Crippen LogP contribution in [0.2, 0.25) is 10.3 Å². The Labute approximate surface area is 121 Å². The van der Waals surface area contributed by atoms with Crippen LogP contribution in [0.15, 0.2) is 6.07 Å². The molecule has 0 spiro atoms. The van der Waals surface area contributed by atoms with Crippen molar-refractivity contribution in [1.82, 2.24) is 15.5 Å². The number of aliphatic hydroxyl groups is 1. The predicted octanol–water partition coefficient (Wildman–Crippen LogP) is 1.30. The van der Waals surface area contributed by atoms with Gasteiger partial charge in [0.05, 0.1) is 11.2 Å². The van der Waals surface area contributed by atoms with Gasteiger partial charge in [-0.2, -0.15) is 0 Å². The van der Waals surface area contributed by atoms with Gasteiger partial charge in [0.15, 0.2) is 10.3 Å². The van der Waals surface area contributed by atoms with E-state index < -0.39 is 11.5 Å². The van der Waals surface area contributed by atoms with E-state index in [1.165, 1.54) is 6.07 Å². The van der Waals surface area contributed by atoms with E-state index in [2.05, 4.69) is 15.5 Å². The highest BCUT2D eigenvalue weighted by Crippen LogP contribution is 2.15. The van der Waals surface area contributed by atoms with Crippen LogP contribution in [0.25, 0.3) is 0 Å². The maximum atomic E-state index is 11.9. The number of halogens is 2. The molecule has 1 amide bonds. The minimum absolute atomic E-state index is 0.0431. The number of hydrogen-bond acceptors (Lipinski definition) is 5. The molecule has 0 aromatic carbocycles. The molecule has 1 heterocycles. The van der Waals surface area contributed by atoms with Crippen LogP contribution in [0, 0.1) is 0 Å². The van der Waals surface area contributed by atoms with Crippen LogP contribution in [0.1, 0.15) is 23.7 Å². The third kappa shape index (κ3) is 5.28. The van der Waals surface area contributed by atoms with Crippen molar-refractivity contribution < 1.29 is 14.6 Å². The summed E-state index contributed by atoms with van der Waals surface area (Å²) >= 11 is 11.4. The van der Waals surface area contributed by atoms with Crippen LogP contribution >= 0.6 is 23.2 Å². The summed E-state index contributed by atoms with van der Waals surface area (Å²) in [7, 11) is 1.54. The van der Waals surface area contributed by atoms with E-state index >= 15 is 0 Å². The summed E-state index contributed by atoms with van der Waals surface area (Å²) in [5, 5.41) is 19.6. The maximum Gasteiger partial charge on any atom is 0.254 e. The first-order valence-corrected chi connectivity index (χ1v) is 6.29. The van der Waals surface area contributed by atoms with Crippen LogP contribution in [-0.2, 0) is 4.74 Å². The average Bonchev–Trinajstić information content (AvgIpc) is 2.36. The molecule has 0 saturated heterocycles. The highest BCUT2D eigenvalue weighted by molar-refractivity contribution is 6.34. The lowest BCUT2D eigenvalue weighted by molar-refractivity contribution is 0.0243. The molecule has 1 unspecified atom stereocenters. The van der Waals surface area contributed by atoms with Gasteiger partial charge in [-0.1, -0.05) is 23.2 Å². The summed E-state index contributed by atoms with van der Waals surface area (Å²) in [6, 6.07) is 1.32. The second kappa shape index (κ2) is 7.00. The van der Waals surface area contributed by atoms with Crippen molar-refractivity contribution in [2.24, 2.45) is 0 Å². The Morgan fingerprint density at radius 3 is 2.84 bits per heavy atom. The molecule has 0 fully saturated rings. The number of methoxy groups -OCH3 is 1. The molecule has 0 aliphatic rings. The van der Waals surface area contributed by atoms with E-state index in [4.69, 9.17) is 27.9 Å². The van der Waals surface area contributed by atoms with Crippen LogP contribution in [-0.4, -0.2) is 47.1 Å². The number of rotatable bonds is 6. The van der Waals surface area contributed by atoms with E-state index in [0.717, 1.165) is 0 Å². The summed E-state index contributed by atoms with van der Waals surface area (Å²) < 4.78 is 4.87. The third-order valence-corrected chi connectivity index (χ3v) is 2.90. The maximum absolute atomic E-state index is 11.9. The summed E-state index contributed by atoms with van der Waals surface area (Å²) in [5.41, 5.74) is -0.952. The monoisotopic (exact) mass is 307 g/mol. The summed E-state index contributed by atoms with van der Waals surface area (Å²) in [4.78, 5) is 11.9. The number of hydrogen-bond donors (Lipinski definition) is 2. The molecular weight excluding hydrogens is 293 g/mol. The van der Waals surface area contributed by atoms with Gasteiger partial charge in [-0.25, -0.2) is 0 Å². The number of carbonyl (C=O) groups excluding carboxylic acids is 1. The second-order valence-corrected chi connectivity index (χ2v) is 5.04. The smallest absolute Gasteiger partial charge is 0.254 e. The van der Waals surface area contributed by atoms with Crippen LogP contribution in [0.3, 0.4) is 0 Å². The Bertz CT molecular complexity index is 455. The van der Waals surface area contributed by atoms with E-state index in [1.807, 2.05) is 0 Å². The largest absolute Gasteiger partial charge is 0.388 e. The number of nitrogens with zero attached hydrogens (tertiary/aromatic N) is 2. The summed E-state index contributed by atoms with van der Waals surface area (Å²) in [5.74, 6) is -0.473. The topological polar surface area (TPSA) is 84.3 Å². The zero-order valence-corrected chi connectivity index (χ0v) is 12.1. The van der Waals surface area contributed by atoms with Gasteiger partial charge in [0.2, 0.25) is 0 Å². The number of amides is 1. The van der Waals surface area contributed by atoms with E-state index in [9.17, 15) is 9.90 Å². The molecule has 1 atom stereocenters.